The van der Waals surface area contributed by atoms with Crippen molar-refractivity contribution in [3.05, 3.63) is 70.5 Å². The van der Waals surface area contributed by atoms with Gasteiger partial charge < -0.3 is 31.0 Å². The fourth-order valence-electron chi connectivity index (χ4n) is 5.52. The number of imidazole rings is 1. The van der Waals surface area contributed by atoms with Crippen molar-refractivity contribution < 1.29 is 27.5 Å². The first-order chi connectivity index (χ1) is 20.9. The van der Waals surface area contributed by atoms with E-state index in [1.54, 1.807) is 44.4 Å². The number of hydrogen-bond donors (Lipinski definition) is 5. The lowest BCUT2D eigenvalue weighted by atomic mass is 9.92. The van der Waals surface area contributed by atoms with Crippen molar-refractivity contribution in [2.24, 2.45) is 5.73 Å². The lowest BCUT2D eigenvalue weighted by molar-refractivity contribution is -0.142. The number of carbonyl (C=O) groups excluding carboxylic acids is 3. The number of rotatable bonds is 13. The third kappa shape index (κ3) is 7.44. The van der Waals surface area contributed by atoms with E-state index in [0.29, 0.717) is 54.4 Å². The summed E-state index contributed by atoms with van der Waals surface area (Å²) in [5.41, 5.74) is 9.72. The van der Waals surface area contributed by atoms with Gasteiger partial charge >= 0.3 is 5.97 Å². The average Bonchev–Trinajstić information content (AvgIpc) is 3.50. The van der Waals surface area contributed by atoms with Crippen LogP contribution in [0.5, 0.6) is 0 Å². The molecule has 4 rings (SSSR count). The number of amides is 1. The quantitative estimate of drug-likeness (QED) is 0.175. The molecular weight excluding hydrogens is 586 g/mol. The van der Waals surface area contributed by atoms with Crippen LogP contribution in [0, 0.1) is 20.8 Å². The summed E-state index contributed by atoms with van der Waals surface area (Å²) >= 11 is 0. The highest BCUT2D eigenvalue weighted by Crippen LogP contribution is 2.32. The van der Waals surface area contributed by atoms with Crippen LogP contribution in [0.25, 0.3) is 0 Å². The minimum Gasteiger partial charge on any atom is -0.468 e. The van der Waals surface area contributed by atoms with E-state index < -0.39 is 34.0 Å². The number of sulfonamides is 1. The van der Waals surface area contributed by atoms with Crippen LogP contribution in [-0.2, 0) is 30.9 Å². The maximum absolute atomic E-state index is 13.6. The summed E-state index contributed by atoms with van der Waals surface area (Å²) in [5.74, 6) is -1.00. The van der Waals surface area contributed by atoms with Crippen molar-refractivity contribution in [1.82, 2.24) is 20.0 Å². The lowest BCUT2D eigenvalue weighted by Gasteiger charge is -2.37. The SMILES string of the molecule is COC(=O)C(CNC(=O)C1CC(=O)c2ccc(CNc3ncc[nH]3)cc2N1CCCN)NS(=O)(=O)c1c(C)cc(C)cc1C. The molecule has 0 fully saturated rings. The number of hydrogen-bond acceptors (Lipinski definition) is 10. The number of nitrogens with zero attached hydrogens (tertiary/aromatic N) is 2. The first kappa shape index (κ1) is 32.6. The molecule has 0 saturated carbocycles. The van der Waals surface area contributed by atoms with Crippen molar-refractivity contribution in [2.75, 3.05) is 37.0 Å². The predicted octanol–water partition coefficient (Wildman–Crippen LogP) is 1.69. The number of benzene rings is 2. The lowest BCUT2D eigenvalue weighted by Crippen LogP contribution is -2.55. The molecule has 3 aromatic rings. The summed E-state index contributed by atoms with van der Waals surface area (Å²) in [5, 5.41) is 5.85. The van der Waals surface area contributed by atoms with Gasteiger partial charge in [-0.2, -0.15) is 4.72 Å². The summed E-state index contributed by atoms with van der Waals surface area (Å²) in [6.07, 6.45) is 3.80. The zero-order valence-corrected chi connectivity index (χ0v) is 26.1. The number of ketones is 1. The Morgan fingerprint density at radius 2 is 1.91 bits per heavy atom. The Hall–Kier alpha value is -4.27. The maximum Gasteiger partial charge on any atom is 0.325 e. The van der Waals surface area contributed by atoms with Gasteiger partial charge in [-0.1, -0.05) is 23.8 Å². The molecule has 44 heavy (non-hydrogen) atoms. The van der Waals surface area contributed by atoms with E-state index in [9.17, 15) is 22.8 Å². The first-order valence-electron chi connectivity index (χ1n) is 14.3. The van der Waals surface area contributed by atoms with Crippen molar-refractivity contribution in [3.8, 4) is 0 Å². The molecule has 0 bridgehead atoms. The van der Waals surface area contributed by atoms with E-state index in [2.05, 4.69) is 25.3 Å². The smallest absolute Gasteiger partial charge is 0.325 e. The molecule has 0 radical (unpaired) electrons. The number of aromatic amines is 1. The topological polar surface area (TPSA) is 189 Å². The number of anilines is 2. The van der Waals surface area contributed by atoms with E-state index in [1.165, 1.54) is 0 Å². The Morgan fingerprint density at radius 1 is 1.18 bits per heavy atom. The Kier molecular flexibility index (Phi) is 10.4. The molecule has 2 heterocycles. The molecule has 1 aliphatic rings. The number of ether oxygens (including phenoxy) is 1. The van der Waals surface area contributed by atoms with Gasteiger partial charge in [-0.25, -0.2) is 13.4 Å². The number of esters is 1. The van der Waals surface area contributed by atoms with Gasteiger partial charge in [0.25, 0.3) is 0 Å². The van der Waals surface area contributed by atoms with Crippen LogP contribution in [0.2, 0.25) is 0 Å². The standard InChI is InChI=1S/C30H39N7O6S/c1-18-12-19(2)27(20(3)13-18)44(41,42)36-23(29(40)43-4)17-34-28(39)25-15-26(38)22-7-6-21(16-35-30-32-9-10-33-30)14-24(22)37(25)11-5-8-31/h6-7,9-10,12-14,23,25,36H,5,8,11,15-17,31H2,1-4H3,(H,34,39)(H2,32,33,35). The molecule has 1 aliphatic heterocycles. The highest BCUT2D eigenvalue weighted by atomic mass is 32.2. The first-order valence-corrected chi connectivity index (χ1v) is 15.7. The molecule has 1 amide bonds. The van der Waals surface area contributed by atoms with E-state index >= 15 is 0 Å². The van der Waals surface area contributed by atoms with E-state index in [1.807, 2.05) is 24.0 Å². The molecule has 2 atom stereocenters. The largest absolute Gasteiger partial charge is 0.468 e. The Bertz CT molecular complexity index is 1600. The van der Waals surface area contributed by atoms with Gasteiger partial charge in [0, 0.05) is 49.7 Å². The summed E-state index contributed by atoms with van der Waals surface area (Å²) in [6.45, 7) is 6.04. The zero-order chi connectivity index (χ0) is 32.0. The fraction of sp³-hybridized carbons (Fsp3) is 0.400. The summed E-state index contributed by atoms with van der Waals surface area (Å²) < 4.78 is 34.0. The van der Waals surface area contributed by atoms with Crippen molar-refractivity contribution in [2.45, 2.75) is 57.1 Å². The number of Topliss-reactive ketones (excluding diaryl/α,β-unsaturated/α-hetero) is 1. The number of nitrogens with one attached hydrogen (secondary N) is 4. The number of methoxy groups -OCH3 is 1. The van der Waals surface area contributed by atoms with Crippen molar-refractivity contribution in [3.63, 3.8) is 0 Å². The second kappa shape index (κ2) is 14.0. The molecule has 0 spiro atoms. The van der Waals surface area contributed by atoms with Gasteiger partial charge in [-0.3, -0.25) is 14.4 Å². The van der Waals surface area contributed by atoms with Gasteiger partial charge in [-0.05, 0) is 62.6 Å². The monoisotopic (exact) mass is 625 g/mol. The minimum absolute atomic E-state index is 0.0584. The Balaban J connectivity index is 1.54. The number of aryl methyl sites for hydroxylation is 3. The van der Waals surface area contributed by atoms with Crippen LogP contribution in [0.4, 0.5) is 11.6 Å². The second-order valence-electron chi connectivity index (χ2n) is 10.8. The molecule has 0 saturated heterocycles. The normalized spacial score (nSPS) is 15.4. The number of fused-ring (bicyclic) bond motifs is 1. The van der Waals surface area contributed by atoms with Crippen LogP contribution in [0.1, 0.15) is 45.5 Å². The number of nitrogens with two attached hydrogens (primary N) is 1. The van der Waals surface area contributed by atoms with Crippen LogP contribution in [-0.4, -0.2) is 74.9 Å². The van der Waals surface area contributed by atoms with Gasteiger partial charge in [0.2, 0.25) is 15.9 Å². The summed E-state index contributed by atoms with van der Waals surface area (Å²) in [4.78, 5) is 48.4. The molecule has 14 heteroatoms. The summed E-state index contributed by atoms with van der Waals surface area (Å²) in [7, 11) is -3.02. The summed E-state index contributed by atoms with van der Waals surface area (Å²) in [6, 6.07) is 6.63. The van der Waals surface area contributed by atoms with Gasteiger partial charge in [0.05, 0.1) is 12.0 Å². The third-order valence-electron chi connectivity index (χ3n) is 7.43. The second-order valence-corrected chi connectivity index (χ2v) is 12.4. The molecule has 6 N–H and O–H groups in total. The minimum atomic E-state index is -4.16. The zero-order valence-electron chi connectivity index (χ0n) is 25.3. The van der Waals surface area contributed by atoms with E-state index in [0.717, 1.165) is 18.2 Å². The highest BCUT2D eigenvalue weighted by molar-refractivity contribution is 7.89. The molecule has 1 aromatic heterocycles. The molecule has 0 aliphatic carbocycles. The maximum atomic E-state index is 13.6. The third-order valence-corrected chi connectivity index (χ3v) is 9.20. The number of H-pyrrole nitrogens is 1. The fourth-order valence-corrected chi connectivity index (χ4v) is 7.15. The molecule has 13 nitrogen and oxygen atoms in total. The van der Waals surface area contributed by atoms with Crippen LogP contribution >= 0.6 is 0 Å². The highest BCUT2D eigenvalue weighted by Gasteiger charge is 2.37. The predicted molar refractivity (Wildman–Crippen MR) is 166 cm³/mol. The molecular formula is C30H39N7O6S. The average molecular weight is 626 g/mol. The van der Waals surface area contributed by atoms with Gasteiger partial charge in [0.1, 0.15) is 12.1 Å². The molecule has 2 unspecified atom stereocenters. The Morgan fingerprint density at radius 3 is 2.55 bits per heavy atom. The van der Waals surface area contributed by atoms with Crippen LogP contribution < -0.4 is 26.0 Å². The van der Waals surface area contributed by atoms with Crippen LogP contribution in [0.15, 0.2) is 47.6 Å². The van der Waals surface area contributed by atoms with Crippen molar-refractivity contribution >= 4 is 39.3 Å². The number of carbonyl (C=O) groups is 3. The van der Waals surface area contributed by atoms with Gasteiger partial charge in [0.15, 0.2) is 11.7 Å². The van der Waals surface area contributed by atoms with E-state index in [-0.39, 0.29) is 23.6 Å². The van der Waals surface area contributed by atoms with Crippen molar-refractivity contribution in [1.29, 1.82) is 0 Å². The van der Waals surface area contributed by atoms with Crippen LogP contribution in [0.3, 0.4) is 0 Å². The Labute approximate surface area is 257 Å². The van der Waals surface area contributed by atoms with E-state index in [4.69, 9.17) is 10.5 Å². The number of aromatic nitrogens is 2. The molecule has 2 aromatic carbocycles. The van der Waals surface area contributed by atoms with Gasteiger partial charge in [-0.15, -0.1) is 0 Å². The molecule has 236 valence electrons.